The second kappa shape index (κ2) is 4.47. The standard InChI is InChI=1S/C13H16N2O2/c1-9-3-2-4-11-13(9)17-12(15-11)7-10-8-14-5-6-16-10/h2-4,10,14H,5-8H2,1H3. The van der Waals surface area contributed by atoms with E-state index in [9.17, 15) is 0 Å². The molecule has 4 nitrogen and oxygen atoms in total. The van der Waals surface area contributed by atoms with Crippen LogP contribution in [0.5, 0.6) is 0 Å². The number of hydrogen-bond acceptors (Lipinski definition) is 4. The molecule has 2 aromatic rings. The van der Waals surface area contributed by atoms with E-state index in [1.807, 2.05) is 25.1 Å². The van der Waals surface area contributed by atoms with Crippen molar-refractivity contribution in [3.05, 3.63) is 29.7 Å². The molecule has 3 rings (SSSR count). The van der Waals surface area contributed by atoms with Gasteiger partial charge < -0.3 is 14.5 Å². The van der Waals surface area contributed by atoms with Crippen LogP contribution in [0, 0.1) is 6.92 Å². The molecular formula is C13H16N2O2. The van der Waals surface area contributed by atoms with Crippen LogP contribution >= 0.6 is 0 Å². The molecule has 1 N–H and O–H groups in total. The molecule has 2 heterocycles. The van der Waals surface area contributed by atoms with E-state index in [0.717, 1.165) is 48.7 Å². The molecule has 1 unspecified atom stereocenters. The Hall–Kier alpha value is -1.39. The summed E-state index contributed by atoms with van der Waals surface area (Å²) in [7, 11) is 0. The van der Waals surface area contributed by atoms with Crippen molar-refractivity contribution in [1.82, 2.24) is 10.3 Å². The summed E-state index contributed by atoms with van der Waals surface area (Å²) in [6, 6.07) is 6.02. The number of hydrogen-bond donors (Lipinski definition) is 1. The predicted octanol–water partition coefficient (Wildman–Crippen LogP) is 1.67. The van der Waals surface area contributed by atoms with Crippen molar-refractivity contribution in [3.63, 3.8) is 0 Å². The summed E-state index contributed by atoms with van der Waals surface area (Å²) in [6.45, 7) is 4.61. The molecule has 0 radical (unpaired) electrons. The average Bonchev–Trinajstić information content (AvgIpc) is 2.74. The van der Waals surface area contributed by atoms with Crippen LogP contribution in [0.25, 0.3) is 11.1 Å². The van der Waals surface area contributed by atoms with Crippen molar-refractivity contribution in [2.75, 3.05) is 19.7 Å². The molecule has 1 aliphatic heterocycles. The Morgan fingerprint density at radius 1 is 1.47 bits per heavy atom. The van der Waals surface area contributed by atoms with E-state index < -0.39 is 0 Å². The zero-order valence-electron chi connectivity index (χ0n) is 9.90. The quantitative estimate of drug-likeness (QED) is 0.855. The number of morpholine rings is 1. The minimum absolute atomic E-state index is 0.178. The van der Waals surface area contributed by atoms with Gasteiger partial charge in [0, 0.05) is 13.1 Å². The lowest BCUT2D eigenvalue weighted by Crippen LogP contribution is -2.39. The second-order valence-corrected chi connectivity index (χ2v) is 4.43. The van der Waals surface area contributed by atoms with Crippen LogP contribution in [0.2, 0.25) is 0 Å². The summed E-state index contributed by atoms with van der Waals surface area (Å²) in [5.74, 6) is 0.767. The van der Waals surface area contributed by atoms with Crippen molar-refractivity contribution in [1.29, 1.82) is 0 Å². The third kappa shape index (κ3) is 2.18. The number of benzene rings is 1. The van der Waals surface area contributed by atoms with E-state index in [-0.39, 0.29) is 6.10 Å². The molecule has 1 fully saturated rings. The van der Waals surface area contributed by atoms with E-state index in [2.05, 4.69) is 10.3 Å². The summed E-state index contributed by atoms with van der Waals surface area (Å²) in [5.41, 5.74) is 2.96. The maximum Gasteiger partial charge on any atom is 0.198 e. The third-order valence-electron chi connectivity index (χ3n) is 3.06. The van der Waals surface area contributed by atoms with Gasteiger partial charge in [-0.05, 0) is 18.6 Å². The molecule has 0 aliphatic carbocycles. The van der Waals surface area contributed by atoms with Crippen molar-refractivity contribution in [2.45, 2.75) is 19.4 Å². The van der Waals surface area contributed by atoms with Gasteiger partial charge in [0.05, 0.1) is 19.1 Å². The molecule has 0 spiro atoms. The Morgan fingerprint density at radius 3 is 3.18 bits per heavy atom. The smallest absolute Gasteiger partial charge is 0.198 e. The molecule has 1 saturated heterocycles. The fourth-order valence-corrected chi connectivity index (χ4v) is 2.17. The van der Waals surface area contributed by atoms with Gasteiger partial charge >= 0.3 is 0 Å². The number of aryl methyl sites for hydroxylation is 1. The lowest BCUT2D eigenvalue weighted by atomic mass is 10.2. The Balaban J connectivity index is 1.83. The largest absolute Gasteiger partial charge is 0.440 e. The van der Waals surface area contributed by atoms with Gasteiger partial charge in [0.25, 0.3) is 0 Å². The first kappa shape index (κ1) is 10.7. The topological polar surface area (TPSA) is 47.3 Å². The highest BCUT2D eigenvalue weighted by atomic mass is 16.5. The minimum Gasteiger partial charge on any atom is -0.440 e. The van der Waals surface area contributed by atoms with Crippen LogP contribution in [-0.4, -0.2) is 30.8 Å². The van der Waals surface area contributed by atoms with Crippen LogP contribution < -0.4 is 5.32 Å². The minimum atomic E-state index is 0.178. The fraction of sp³-hybridized carbons (Fsp3) is 0.462. The first-order valence-electron chi connectivity index (χ1n) is 6.00. The number of para-hydroxylation sites is 1. The predicted molar refractivity (Wildman–Crippen MR) is 65.1 cm³/mol. The molecule has 4 heteroatoms. The summed E-state index contributed by atoms with van der Waals surface area (Å²) in [5, 5.41) is 3.31. The zero-order valence-corrected chi connectivity index (χ0v) is 9.90. The highest BCUT2D eigenvalue weighted by molar-refractivity contribution is 5.75. The van der Waals surface area contributed by atoms with Crippen molar-refractivity contribution in [3.8, 4) is 0 Å². The van der Waals surface area contributed by atoms with E-state index in [0.29, 0.717) is 0 Å². The number of aromatic nitrogens is 1. The van der Waals surface area contributed by atoms with Gasteiger partial charge in [-0.2, -0.15) is 0 Å². The van der Waals surface area contributed by atoms with Crippen LogP contribution in [0.4, 0.5) is 0 Å². The molecule has 0 bridgehead atoms. The van der Waals surface area contributed by atoms with Gasteiger partial charge in [-0.3, -0.25) is 0 Å². The van der Waals surface area contributed by atoms with E-state index in [1.165, 1.54) is 0 Å². The van der Waals surface area contributed by atoms with Gasteiger partial charge in [0.1, 0.15) is 5.52 Å². The number of fused-ring (bicyclic) bond motifs is 1. The Labute approximate surface area is 100.0 Å². The van der Waals surface area contributed by atoms with Crippen molar-refractivity contribution >= 4 is 11.1 Å². The number of nitrogens with one attached hydrogen (secondary N) is 1. The fourth-order valence-electron chi connectivity index (χ4n) is 2.17. The van der Waals surface area contributed by atoms with E-state index in [4.69, 9.17) is 9.15 Å². The summed E-state index contributed by atoms with van der Waals surface area (Å²) >= 11 is 0. The molecule has 0 amide bonds. The molecule has 17 heavy (non-hydrogen) atoms. The Morgan fingerprint density at radius 2 is 2.41 bits per heavy atom. The molecule has 90 valence electrons. The molecule has 1 aromatic carbocycles. The lowest BCUT2D eigenvalue weighted by molar-refractivity contribution is 0.0257. The average molecular weight is 232 g/mol. The molecular weight excluding hydrogens is 216 g/mol. The second-order valence-electron chi connectivity index (χ2n) is 4.43. The SMILES string of the molecule is Cc1cccc2nc(CC3CNCCO3)oc12. The Bertz CT molecular complexity index is 515. The van der Waals surface area contributed by atoms with Crippen LogP contribution in [0.1, 0.15) is 11.5 Å². The highest BCUT2D eigenvalue weighted by Gasteiger charge is 2.17. The van der Waals surface area contributed by atoms with Crippen LogP contribution in [-0.2, 0) is 11.2 Å². The maximum atomic E-state index is 5.78. The number of ether oxygens (including phenoxy) is 1. The number of oxazole rings is 1. The molecule has 0 saturated carbocycles. The monoisotopic (exact) mass is 232 g/mol. The number of nitrogens with zero attached hydrogens (tertiary/aromatic N) is 1. The van der Waals surface area contributed by atoms with Crippen molar-refractivity contribution < 1.29 is 9.15 Å². The first-order valence-corrected chi connectivity index (χ1v) is 6.00. The van der Waals surface area contributed by atoms with Gasteiger partial charge in [-0.15, -0.1) is 0 Å². The first-order chi connectivity index (χ1) is 8.33. The van der Waals surface area contributed by atoms with Gasteiger partial charge in [0.15, 0.2) is 11.5 Å². The Kier molecular flexibility index (Phi) is 2.82. The molecule has 1 aromatic heterocycles. The third-order valence-corrected chi connectivity index (χ3v) is 3.06. The summed E-state index contributed by atoms with van der Waals surface area (Å²) in [4.78, 5) is 4.49. The summed E-state index contributed by atoms with van der Waals surface area (Å²) < 4.78 is 11.4. The van der Waals surface area contributed by atoms with Crippen LogP contribution in [0.3, 0.4) is 0 Å². The highest BCUT2D eigenvalue weighted by Crippen LogP contribution is 2.20. The molecule has 1 aliphatic rings. The van der Waals surface area contributed by atoms with Gasteiger partial charge in [-0.25, -0.2) is 4.98 Å². The van der Waals surface area contributed by atoms with Gasteiger partial charge in [-0.1, -0.05) is 12.1 Å². The zero-order chi connectivity index (χ0) is 11.7. The number of rotatable bonds is 2. The molecule has 1 atom stereocenters. The van der Waals surface area contributed by atoms with Gasteiger partial charge in [0.2, 0.25) is 0 Å². The summed E-state index contributed by atoms with van der Waals surface area (Å²) in [6.07, 6.45) is 0.915. The normalized spacial score (nSPS) is 20.9. The van der Waals surface area contributed by atoms with Crippen molar-refractivity contribution in [2.24, 2.45) is 0 Å². The van der Waals surface area contributed by atoms with E-state index in [1.54, 1.807) is 0 Å². The maximum absolute atomic E-state index is 5.78. The lowest BCUT2D eigenvalue weighted by Gasteiger charge is -2.22. The van der Waals surface area contributed by atoms with Crippen LogP contribution in [0.15, 0.2) is 22.6 Å². The van der Waals surface area contributed by atoms with E-state index >= 15 is 0 Å².